The van der Waals surface area contributed by atoms with Gasteiger partial charge in [0.05, 0.1) is 23.4 Å². The van der Waals surface area contributed by atoms with Crippen LogP contribution in [-0.2, 0) is 14.6 Å². The summed E-state index contributed by atoms with van der Waals surface area (Å²) in [4.78, 5) is 33.3. The van der Waals surface area contributed by atoms with Crippen LogP contribution in [0, 0.1) is 0 Å². The monoisotopic (exact) mass is 380 g/mol. The number of piperazine rings is 1. The summed E-state index contributed by atoms with van der Waals surface area (Å²) in [6.45, 7) is 5.11. The first kappa shape index (κ1) is 18.6. The van der Waals surface area contributed by atoms with Gasteiger partial charge in [0, 0.05) is 38.8 Å². The van der Waals surface area contributed by atoms with Gasteiger partial charge in [-0.2, -0.15) is 0 Å². The van der Waals surface area contributed by atoms with Crippen molar-refractivity contribution in [2.24, 2.45) is 0 Å². The minimum atomic E-state index is -3.04. The molecule has 1 aromatic heterocycles. The highest BCUT2D eigenvalue weighted by molar-refractivity contribution is 7.91. The summed E-state index contributed by atoms with van der Waals surface area (Å²) >= 11 is 0. The van der Waals surface area contributed by atoms with E-state index in [0.29, 0.717) is 31.7 Å². The predicted octanol–water partition coefficient (Wildman–Crippen LogP) is 0.00920. The number of nitrogens with zero attached hydrogens (tertiary/aromatic N) is 4. The van der Waals surface area contributed by atoms with E-state index in [-0.39, 0.29) is 23.5 Å². The van der Waals surface area contributed by atoms with Crippen molar-refractivity contribution < 1.29 is 18.0 Å². The third-order valence-corrected chi connectivity index (χ3v) is 6.80. The molecule has 2 aliphatic rings. The molecule has 3 heterocycles. The van der Waals surface area contributed by atoms with Crippen molar-refractivity contribution in [1.82, 2.24) is 14.8 Å². The maximum atomic E-state index is 12.8. The summed E-state index contributed by atoms with van der Waals surface area (Å²) in [5, 5.41) is 0. The first-order valence-corrected chi connectivity index (χ1v) is 10.7. The van der Waals surface area contributed by atoms with E-state index in [4.69, 9.17) is 0 Å². The average molecular weight is 380 g/mol. The van der Waals surface area contributed by atoms with Gasteiger partial charge in [0.15, 0.2) is 9.84 Å². The first-order chi connectivity index (χ1) is 12.4. The van der Waals surface area contributed by atoms with E-state index >= 15 is 0 Å². The smallest absolute Gasteiger partial charge is 0.272 e. The Morgan fingerprint density at radius 3 is 2.54 bits per heavy atom. The number of amides is 2. The van der Waals surface area contributed by atoms with Crippen molar-refractivity contribution in [3.05, 3.63) is 24.0 Å². The number of carbonyl (C=O) groups excluding carboxylic acids is 2. The highest BCUT2D eigenvalue weighted by atomic mass is 32.2. The molecule has 0 spiro atoms. The molecule has 2 aliphatic heterocycles. The van der Waals surface area contributed by atoms with Gasteiger partial charge in [0.2, 0.25) is 6.41 Å². The molecule has 142 valence electrons. The van der Waals surface area contributed by atoms with Gasteiger partial charge in [0.1, 0.15) is 5.69 Å². The van der Waals surface area contributed by atoms with Crippen LogP contribution in [0.2, 0.25) is 0 Å². The van der Waals surface area contributed by atoms with Gasteiger partial charge in [-0.3, -0.25) is 9.59 Å². The number of hydrogen-bond acceptors (Lipinski definition) is 6. The average Bonchev–Trinajstić information content (AvgIpc) is 3.02. The van der Waals surface area contributed by atoms with Gasteiger partial charge in [-0.15, -0.1) is 0 Å². The van der Waals surface area contributed by atoms with E-state index in [1.165, 1.54) is 0 Å². The largest absolute Gasteiger partial charge is 0.367 e. The fraction of sp³-hybridized carbons (Fsp3) is 0.588. The second-order valence-corrected chi connectivity index (χ2v) is 8.91. The topological polar surface area (TPSA) is 90.9 Å². The molecule has 1 aromatic rings. The van der Waals surface area contributed by atoms with Gasteiger partial charge >= 0.3 is 0 Å². The summed E-state index contributed by atoms with van der Waals surface area (Å²) < 4.78 is 23.4. The number of anilines is 1. The Morgan fingerprint density at radius 2 is 2.04 bits per heavy atom. The van der Waals surface area contributed by atoms with E-state index in [1.807, 2.05) is 13.0 Å². The molecular formula is C17H24N4O4S. The van der Waals surface area contributed by atoms with E-state index < -0.39 is 9.84 Å². The number of aromatic nitrogens is 1. The van der Waals surface area contributed by atoms with E-state index in [9.17, 15) is 18.0 Å². The lowest BCUT2D eigenvalue weighted by atomic mass is 10.2. The summed E-state index contributed by atoms with van der Waals surface area (Å²) in [5.74, 6) is -0.0568. The summed E-state index contributed by atoms with van der Waals surface area (Å²) in [7, 11) is -3.04. The lowest BCUT2D eigenvalue weighted by Gasteiger charge is -2.34. The Kier molecular flexibility index (Phi) is 5.45. The van der Waals surface area contributed by atoms with Gasteiger partial charge in [-0.25, -0.2) is 13.4 Å². The van der Waals surface area contributed by atoms with Crippen LogP contribution in [0.25, 0.3) is 0 Å². The maximum Gasteiger partial charge on any atom is 0.272 e. The Labute approximate surface area is 153 Å². The highest BCUT2D eigenvalue weighted by Gasteiger charge is 2.34. The Hall–Kier alpha value is -2.16. The van der Waals surface area contributed by atoms with E-state index in [0.717, 1.165) is 25.2 Å². The standard InChI is InChI=1S/C17H24N4O4S/c1-2-21(15-5-10-26(24,25)12-15)17(23)16-4-3-14(11-18-16)20-8-6-19(13-22)7-9-20/h3-4,11,13,15H,2,5-10,12H2,1H3. The molecule has 0 aromatic carbocycles. The quantitative estimate of drug-likeness (QED) is 0.669. The van der Waals surface area contributed by atoms with Crippen LogP contribution in [-0.4, -0.2) is 85.8 Å². The van der Waals surface area contributed by atoms with Crippen molar-refractivity contribution >= 4 is 27.8 Å². The van der Waals surface area contributed by atoms with Crippen LogP contribution in [0.3, 0.4) is 0 Å². The molecule has 26 heavy (non-hydrogen) atoms. The van der Waals surface area contributed by atoms with Gasteiger partial charge in [0.25, 0.3) is 5.91 Å². The van der Waals surface area contributed by atoms with Crippen LogP contribution in [0.5, 0.6) is 0 Å². The maximum absolute atomic E-state index is 12.8. The Morgan fingerprint density at radius 1 is 1.31 bits per heavy atom. The normalized spacial score (nSPS) is 22.3. The van der Waals surface area contributed by atoms with Crippen molar-refractivity contribution in [1.29, 1.82) is 0 Å². The van der Waals surface area contributed by atoms with Crippen LogP contribution in [0.15, 0.2) is 18.3 Å². The van der Waals surface area contributed by atoms with Crippen molar-refractivity contribution in [3.8, 4) is 0 Å². The molecular weight excluding hydrogens is 356 g/mol. The molecule has 2 amide bonds. The number of pyridine rings is 1. The van der Waals surface area contributed by atoms with Crippen molar-refractivity contribution in [2.45, 2.75) is 19.4 Å². The SMILES string of the molecule is CCN(C(=O)c1ccc(N2CCN(C=O)CC2)cn1)C1CCS(=O)(=O)C1. The summed E-state index contributed by atoms with van der Waals surface area (Å²) in [5.41, 5.74) is 1.24. The van der Waals surface area contributed by atoms with E-state index in [1.54, 1.807) is 22.1 Å². The van der Waals surface area contributed by atoms with E-state index in [2.05, 4.69) is 9.88 Å². The number of hydrogen-bond donors (Lipinski definition) is 0. The summed E-state index contributed by atoms with van der Waals surface area (Å²) in [6, 6.07) is 3.28. The molecule has 0 N–H and O–H groups in total. The Bertz CT molecular complexity index is 757. The highest BCUT2D eigenvalue weighted by Crippen LogP contribution is 2.21. The molecule has 0 saturated carbocycles. The lowest BCUT2D eigenvalue weighted by Crippen LogP contribution is -2.45. The van der Waals surface area contributed by atoms with Crippen LogP contribution in [0.4, 0.5) is 5.69 Å². The Balaban J connectivity index is 1.67. The third kappa shape index (κ3) is 3.98. The number of rotatable bonds is 5. The fourth-order valence-electron chi connectivity index (χ4n) is 3.52. The lowest BCUT2D eigenvalue weighted by molar-refractivity contribution is -0.118. The molecule has 0 radical (unpaired) electrons. The molecule has 1 unspecified atom stereocenters. The first-order valence-electron chi connectivity index (χ1n) is 8.85. The van der Waals surface area contributed by atoms with Crippen LogP contribution < -0.4 is 4.90 Å². The predicted molar refractivity (Wildman–Crippen MR) is 97.9 cm³/mol. The molecule has 0 aliphatic carbocycles. The second-order valence-electron chi connectivity index (χ2n) is 6.68. The third-order valence-electron chi connectivity index (χ3n) is 5.05. The molecule has 9 heteroatoms. The molecule has 2 fully saturated rings. The van der Waals surface area contributed by atoms with Crippen molar-refractivity contribution in [3.63, 3.8) is 0 Å². The van der Waals surface area contributed by atoms with Crippen LogP contribution in [0.1, 0.15) is 23.8 Å². The molecule has 1 atom stereocenters. The molecule has 3 rings (SSSR count). The number of carbonyl (C=O) groups is 2. The molecule has 8 nitrogen and oxygen atoms in total. The zero-order chi connectivity index (χ0) is 18.7. The van der Waals surface area contributed by atoms with Gasteiger partial charge in [-0.05, 0) is 25.5 Å². The zero-order valence-corrected chi connectivity index (χ0v) is 15.7. The zero-order valence-electron chi connectivity index (χ0n) is 14.9. The molecule has 2 saturated heterocycles. The minimum Gasteiger partial charge on any atom is -0.367 e. The second kappa shape index (κ2) is 7.61. The summed E-state index contributed by atoms with van der Waals surface area (Å²) in [6.07, 6.45) is 3.02. The van der Waals surface area contributed by atoms with Gasteiger partial charge < -0.3 is 14.7 Å². The van der Waals surface area contributed by atoms with Crippen molar-refractivity contribution in [2.75, 3.05) is 49.1 Å². The van der Waals surface area contributed by atoms with Gasteiger partial charge in [-0.1, -0.05) is 0 Å². The minimum absolute atomic E-state index is 0.0334. The van der Waals surface area contributed by atoms with Crippen LogP contribution >= 0.6 is 0 Å². The molecule has 0 bridgehead atoms. The number of sulfone groups is 1. The fourth-order valence-corrected chi connectivity index (χ4v) is 5.25.